The molecule has 0 radical (unpaired) electrons. The number of hydrogen-bond donors (Lipinski definition) is 1. The van der Waals surface area contributed by atoms with Crippen LogP contribution in [0.5, 0.6) is 0 Å². The predicted octanol–water partition coefficient (Wildman–Crippen LogP) is 3.23. The smallest absolute Gasteiger partial charge is 0.266 e. The Bertz CT molecular complexity index is 1050. The van der Waals surface area contributed by atoms with E-state index >= 15 is 0 Å². The maximum absolute atomic E-state index is 12.7. The fraction of sp³-hybridized carbons (Fsp3) is 0.217. The molecule has 160 valence electrons. The van der Waals surface area contributed by atoms with Gasteiger partial charge in [-0.25, -0.2) is 0 Å². The highest BCUT2D eigenvalue weighted by Gasteiger charge is 2.31. The number of nitrogens with one attached hydrogen (secondary N) is 1. The lowest BCUT2D eigenvalue weighted by Gasteiger charge is -2.15. The van der Waals surface area contributed by atoms with Gasteiger partial charge in [-0.3, -0.25) is 14.5 Å². The number of nitrogens with zero attached hydrogens (tertiary/aromatic N) is 1. The summed E-state index contributed by atoms with van der Waals surface area (Å²) in [7, 11) is 0. The monoisotopic (exact) mass is 453 g/mol. The lowest BCUT2D eigenvalue weighted by Crippen LogP contribution is -2.30. The zero-order valence-corrected chi connectivity index (χ0v) is 18.6. The molecule has 2 aromatic carbocycles. The molecule has 1 aliphatic heterocycles. The minimum absolute atomic E-state index is 0.0788. The summed E-state index contributed by atoms with van der Waals surface area (Å²) in [5.74, 6) is -1.87. The number of para-hydroxylation sites is 1. The molecule has 1 fully saturated rings. The van der Waals surface area contributed by atoms with E-state index in [9.17, 15) is 19.5 Å². The van der Waals surface area contributed by atoms with Crippen molar-refractivity contribution in [1.29, 1.82) is 0 Å². The van der Waals surface area contributed by atoms with Crippen molar-refractivity contribution in [2.24, 2.45) is 0 Å². The Morgan fingerprint density at radius 2 is 1.87 bits per heavy atom. The van der Waals surface area contributed by atoms with E-state index in [1.165, 1.54) is 34.4 Å². The average Bonchev–Trinajstić information content (AvgIpc) is 3.02. The quantitative estimate of drug-likeness (QED) is 0.488. The summed E-state index contributed by atoms with van der Waals surface area (Å²) >= 11 is 6.58. The highest BCUT2D eigenvalue weighted by atomic mass is 32.2. The molecule has 31 heavy (non-hydrogen) atoms. The number of aromatic carboxylic acids is 1. The van der Waals surface area contributed by atoms with Crippen molar-refractivity contribution in [3.63, 3.8) is 0 Å². The summed E-state index contributed by atoms with van der Waals surface area (Å²) in [5, 5.41) is 13.7. The van der Waals surface area contributed by atoms with E-state index in [0.717, 1.165) is 12.0 Å². The van der Waals surface area contributed by atoms with Crippen LogP contribution in [-0.2, 0) is 16.0 Å². The van der Waals surface area contributed by atoms with Gasteiger partial charge in [-0.15, -0.1) is 0 Å². The normalized spacial score (nSPS) is 14.9. The van der Waals surface area contributed by atoms with Gasteiger partial charge in [0.1, 0.15) is 4.32 Å². The lowest BCUT2D eigenvalue weighted by atomic mass is 10.1. The van der Waals surface area contributed by atoms with Crippen molar-refractivity contribution in [3.05, 3.63) is 70.1 Å². The van der Waals surface area contributed by atoms with Crippen LogP contribution in [-0.4, -0.2) is 33.5 Å². The van der Waals surface area contributed by atoms with Crippen molar-refractivity contribution >= 4 is 57.8 Å². The number of carboxylic acids is 1. The van der Waals surface area contributed by atoms with Crippen molar-refractivity contribution in [2.75, 3.05) is 11.9 Å². The number of carbonyl (C=O) groups excluding carboxylic acids is 3. The van der Waals surface area contributed by atoms with Crippen molar-refractivity contribution < 1.29 is 19.5 Å². The van der Waals surface area contributed by atoms with Gasteiger partial charge in [0.25, 0.3) is 5.91 Å². The van der Waals surface area contributed by atoms with E-state index < -0.39 is 5.97 Å². The molecular weight excluding hydrogens is 432 g/mol. The van der Waals surface area contributed by atoms with Gasteiger partial charge in [0.15, 0.2) is 0 Å². The number of carboxylic acid groups (broad SMARTS) is 1. The number of carbonyl (C=O) groups is 3. The van der Waals surface area contributed by atoms with E-state index in [2.05, 4.69) is 12.2 Å². The highest BCUT2D eigenvalue weighted by Crippen LogP contribution is 2.32. The first-order chi connectivity index (χ1) is 14.9. The van der Waals surface area contributed by atoms with E-state index in [-0.39, 0.29) is 29.5 Å². The molecule has 2 aromatic rings. The minimum Gasteiger partial charge on any atom is -0.545 e. The zero-order valence-electron chi connectivity index (χ0n) is 16.9. The number of amides is 2. The summed E-state index contributed by atoms with van der Waals surface area (Å²) < 4.78 is 0.462. The summed E-state index contributed by atoms with van der Waals surface area (Å²) in [6, 6.07) is 14.1. The molecule has 6 nitrogen and oxygen atoms in total. The van der Waals surface area contributed by atoms with E-state index in [0.29, 0.717) is 22.2 Å². The van der Waals surface area contributed by atoms with Crippen molar-refractivity contribution in [1.82, 2.24) is 4.90 Å². The van der Waals surface area contributed by atoms with Crippen LogP contribution in [0.2, 0.25) is 0 Å². The Labute approximate surface area is 190 Å². The molecule has 0 aliphatic carbocycles. The molecule has 1 saturated heterocycles. The van der Waals surface area contributed by atoms with Crippen LogP contribution >= 0.6 is 24.0 Å². The zero-order chi connectivity index (χ0) is 22.4. The summed E-state index contributed by atoms with van der Waals surface area (Å²) in [4.78, 5) is 38.1. The third-order valence-corrected chi connectivity index (χ3v) is 6.14. The van der Waals surface area contributed by atoms with Crippen molar-refractivity contribution in [2.45, 2.75) is 26.2 Å². The van der Waals surface area contributed by atoms with Crippen LogP contribution in [0.25, 0.3) is 6.08 Å². The Morgan fingerprint density at radius 1 is 1.16 bits per heavy atom. The number of hydrogen-bond acceptors (Lipinski definition) is 6. The number of aryl methyl sites for hydroxylation is 1. The first kappa shape index (κ1) is 22.7. The van der Waals surface area contributed by atoms with Gasteiger partial charge in [-0.1, -0.05) is 73.4 Å². The molecule has 0 unspecified atom stereocenters. The van der Waals surface area contributed by atoms with E-state index in [1.807, 2.05) is 30.3 Å². The second-order valence-electron chi connectivity index (χ2n) is 6.91. The average molecular weight is 454 g/mol. The van der Waals surface area contributed by atoms with Gasteiger partial charge >= 0.3 is 0 Å². The molecule has 2 amide bonds. The van der Waals surface area contributed by atoms with E-state index in [1.54, 1.807) is 12.1 Å². The van der Waals surface area contributed by atoms with Gasteiger partial charge in [0.05, 0.1) is 10.9 Å². The molecule has 0 spiro atoms. The fourth-order valence-electron chi connectivity index (χ4n) is 3.07. The Morgan fingerprint density at radius 3 is 2.55 bits per heavy atom. The summed E-state index contributed by atoms with van der Waals surface area (Å²) in [6.07, 6.45) is 3.29. The molecule has 1 aliphatic rings. The van der Waals surface area contributed by atoms with Gasteiger partial charge < -0.3 is 15.2 Å². The summed E-state index contributed by atoms with van der Waals surface area (Å²) in [6.45, 7) is 2.40. The van der Waals surface area contributed by atoms with Crippen molar-refractivity contribution in [3.8, 4) is 0 Å². The third kappa shape index (κ3) is 5.80. The molecule has 0 atom stereocenters. The fourth-order valence-corrected chi connectivity index (χ4v) is 4.38. The van der Waals surface area contributed by atoms with Crippen LogP contribution < -0.4 is 10.4 Å². The van der Waals surface area contributed by atoms with E-state index in [4.69, 9.17) is 12.2 Å². The number of anilines is 1. The SMILES string of the molecule is CCc1ccc(/C=C2/SC(=S)N(CCCC(=O)Nc3ccccc3C(=O)[O-])C2=O)cc1. The van der Waals surface area contributed by atoms with Crippen LogP contribution in [0.4, 0.5) is 5.69 Å². The minimum atomic E-state index is -1.36. The molecule has 8 heteroatoms. The van der Waals surface area contributed by atoms with Gasteiger partial charge in [0.2, 0.25) is 5.91 Å². The second kappa shape index (κ2) is 10.4. The number of thiocarbonyl (C=S) groups is 1. The lowest BCUT2D eigenvalue weighted by molar-refractivity contribution is -0.254. The largest absolute Gasteiger partial charge is 0.545 e. The molecule has 0 saturated carbocycles. The summed E-state index contributed by atoms with van der Waals surface area (Å²) in [5.41, 5.74) is 2.27. The molecule has 1 heterocycles. The molecule has 1 N–H and O–H groups in total. The molecular formula is C23H21N2O4S2-. The third-order valence-electron chi connectivity index (χ3n) is 4.77. The highest BCUT2D eigenvalue weighted by molar-refractivity contribution is 8.26. The number of rotatable bonds is 8. The number of benzene rings is 2. The van der Waals surface area contributed by atoms with Gasteiger partial charge in [0, 0.05) is 24.2 Å². The second-order valence-corrected chi connectivity index (χ2v) is 8.59. The molecule has 0 aromatic heterocycles. The van der Waals surface area contributed by atoms with Crippen LogP contribution in [0.1, 0.15) is 41.3 Å². The Kier molecular flexibility index (Phi) is 7.59. The first-order valence-electron chi connectivity index (χ1n) is 9.83. The topological polar surface area (TPSA) is 89.5 Å². The number of thioether (sulfide) groups is 1. The standard InChI is InChI=1S/C23H22N2O4S2/c1-2-15-9-11-16(12-10-15)14-19-21(27)25(23(30)31-19)13-5-8-20(26)24-18-7-4-3-6-17(18)22(28)29/h3-4,6-7,9-12,14H,2,5,8,13H2,1H3,(H,24,26)(H,28,29)/p-1/b19-14+. The maximum Gasteiger partial charge on any atom is 0.266 e. The molecule has 0 bridgehead atoms. The first-order valence-corrected chi connectivity index (χ1v) is 11.1. The molecule has 3 rings (SSSR count). The van der Waals surface area contributed by atoms with Crippen LogP contribution in [0, 0.1) is 0 Å². The van der Waals surface area contributed by atoms with Gasteiger partial charge in [-0.05, 0) is 36.1 Å². The Hall–Kier alpha value is -2.97. The Balaban J connectivity index is 1.55. The van der Waals surface area contributed by atoms with Crippen LogP contribution in [0.15, 0.2) is 53.4 Å². The maximum atomic E-state index is 12.7. The predicted molar refractivity (Wildman–Crippen MR) is 124 cm³/mol. The van der Waals surface area contributed by atoms with Gasteiger partial charge in [-0.2, -0.15) is 0 Å². The van der Waals surface area contributed by atoms with Crippen LogP contribution in [0.3, 0.4) is 0 Å².